The van der Waals surface area contributed by atoms with Crippen molar-refractivity contribution >= 4 is 56.2 Å². The lowest BCUT2D eigenvalue weighted by atomic mass is 10.2. The van der Waals surface area contributed by atoms with E-state index in [2.05, 4.69) is 26.2 Å². The molecule has 1 saturated heterocycles. The number of carbonyl (C=O) groups excluding carboxylic acids is 1. The summed E-state index contributed by atoms with van der Waals surface area (Å²) in [6.45, 7) is 1.73. The van der Waals surface area contributed by atoms with Crippen LogP contribution in [0.2, 0.25) is 0 Å². The fourth-order valence-corrected chi connectivity index (χ4v) is 3.63. The number of ether oxygens (including phenoxy) is 1. The van der Waals surface area contributed by atoms with Crippen LogP contribution in [-0.2, 0) is 4.79 Å². The third kappa shape index (κ3) is 4.37. The number of amides is 1. The van der Waals surface area contributed by atoms with Gasteiger partial charge in [-0.05, 0) is 54.6 Å². The molecule has 27 heavy (non-hydrogen) atoms. The number of halogens is 1. The average Bonchev–Trinajstić information content (AvgIpc) is 2.96. The third-order valence-corrected chi connectivity index (χ3v) is 5.15. The number of methoxy groups -OCH3 is 1. The van der Waals surface area contributed by atoms with Crippen molar-refractivity contribution in [3.8, 4) is 5.75 Å². The van der Waals surface area contributed by atoms with Crippen molar-refractivity contribution in [2.24, 2.45) is 4.99 Å². The molecule has 1 heterocycles. The molecule has 138 valence electrons. The number of nitrogens with zero attached hydrogens (tertiary/aromatic N) is 2. The van der Waals surface area contributed by atoms with Crippen molar-refractivity contribution in [2.75, 3.05) is 7.11 Å². The summed E-state index contributed by atoms with van der Waals surface area (Å²) in [5, 5.41) is 14.0. The molecular weight excluding hydrogens is 434 g/mol. The number of thioether (sulfide) groups is 1. The number of nitro groups is 1. The van der Waals surface area contributed by atoms with Gasteiger partial charge >= 0.3 is 0 Å². The van der Waals surface area contributed by atoms with Gasteiger partial charge in [-0.3, -0.25) is 14.9 Å². The number of hydrogen-bond acceptors (Lipinski definition) is 6. The van der Waals surface area contributed by atoms with E-state index >= 15 is 0 Å². The van der Waals surface area contributed by atoms with E-state index in [-0.39, 0.29) is 11.6 Å². The summed E-state index contributed by atoms with van der Waals surface area (Å²) in [7, 11) is 1.57. The number of rotatable bonds is 4. The maximum atomic E-state index is 12.3. The Morgan fingerprint density at radius 1 is 1.30 bits per heavy atom. The number of aliphatic imine (C=N–C) groups is 1. The molecule has 0 spiro atoms. The molecule has 2 aromatic carbocycles. The largest absolute Gasteiger partial charge is 0.496 e. The zero-order valence-corrected chi connectivity index (χ0v) is 16.8. The van der Waals surface area contributed by atoms with Crippen LogP contribution in [0.1, 0.15) is 11.1 Å². The Morgan fingerprint density at radius 2 is 2.07 bits per heavy atom. The molecule has 0 unspecified atom stereocenters. The van der Waals surface area contributed by atoms with Crippen molar-refractivity contribution in [3.05, 3.63) is 67.0 Å². The molecule has 1 N–H and O–H groups in total. The molecule has 1 amide bonds. The molecule has 0 saturated carbocycles. The predicted molar refractivity (Wildman–Crippen MR) is 109 cm³/mol. The van der Waals surface area contributed by atoms with Gasteiger partial charge in [0.25, 0.3) is 11.6 Å². The number of aryl methyl sites for hydroxylation is 1. The van der Waals surface area contributed by atoms with E-state index in [1.807, 2.05) is 18.2 Å². The summed E-state index contributed by atoms with van der Waals surface area (Å²) in [6.07, 6.45) is 1.73. The average molecular weight is 448 g/mol. The molecule has 9 heteroatoms. The Kier molecular flexibility index (Phi) is 5.62. The van der Waals surface area contributed by atoms with Crippen LogP contribution in [0.25, 0.3) is 6.08 Å². The van der Waals surface area contributed by atoms with Gasteiger partial charge in [-0.2, -0.15) is 0 Å². The van der Waals surface area contributed by atoms with Crippen molar-refractivity contribution in [3.63, 3.8) is 0 Å². The quantitative estimate of drug-likeness (QED) is 0.420. The van der Waals surface area contributed by atoms with E-state index < -0.39 is 4.92 Å². The third-order valence-electron chi connectivity index (χ3n) is 3.74. The first-order valence-electron chi connectivity index (χ1n) is 7.75. The van der Waals surface area contributed by atoms with E-state index in [0.717, 1.165) is 10.0 Å². The molecule has 2 aromatic rings. The van der Waals surface area contributed by atoms with Crippen LogP contribution in [0.5, 0.6) is 5.75 Å². The normalized spacial score (nSPS) is 16.6. The van der Waals surface area contributed by atoms with Crippen molar-refractivity contribution in [2.45, 2.75) is 6.92 Å². The van der Waals surface area contributed by atoms with Crippen molar-refractivity contribution < 1.29 is 14.5 Å². The minimum absolute atomic E-state index is 0.00175. The zero-order chi connectivity index (χ0) is 19.6. The number of amidine groups is 1. The van der Waals surface area contributed by atoms with E-state index in [9.17, 15) is 14.9 Å². The molecule has 0 atom stereocenters. The molecule has 0 aromatic heterocycles. The minimum Gasteiger partial charge on any atom is -0.496 e. The second-order valence-corrected chi connectivity index (χ2v) is 7.54. The molecule has 0 radical (unpaired) electrons. The zero-order valence-electron chi connectivity index (χ0n) is 14.4. The Balaban J connectivity index is 1.89. The van der Waals surface area contributed by atoms with Gasteiger partial charge in [0.1, 0.15) is 5.75 Å². The van der Waals surface area contributed by atoms with Gasteiger partial charge in [0.2, 0.25) is 0 Å². The van der Waals surface area contributed by atoms with Gasteiger partial charge < -0.3 is 10.1 Å². The van der Waals surface area contributed by atoms with E-state index in [0.29, 0.717) is 27.1 Å². The number of benzene rings is 2. The van der Waals surface area contributed by atoms with Gasteiger partial charge in [0.15, 0.2) is 5.17 Å². The fraction of sp³-hybridized carbons (Fsp3) is 0.111. The summed E-state index contributed by atoms with van der Waals surface area (Å²) < 4.78 is 6.19. The first-order chi connectivity index (χ1) is 12.9. The Morgan fingerprint density at radius 3 is 2.74 bits per heavy atom. The lowest BCUT2D eigenvalue weighted by Crippen LogP contribution is -2.19. The standard InChI is InChI=1S/C18H14BrN3O4S/c1-10-7-13(22(24)25)4-5-14(10)20-18-21-17(23)16(27-18)9-11-8-12(19)3-6-15(11)26-2/h3-9H,1-2H3,(H,20,21,23)/b16-9+. The summed E-state index contributed by atoms with van der Waals surface area (Å²) in [6, 6.07) is 9.92. The first kappa shape index (κ1) is 19.1. The van der Waals surface area contributed by atoms with Gasteiger partial charge in [-0.25, -0.2) is 4.99 Å². The molecule has 1 aliphatic rings. The smallest absolute Gasteiger partial charge is 0.269 e. The van der Waals surface area contributed by atoms with Crippen LogP contribution in [0.4, 0.5) is 11.4 Å². The van der Waals surface area contributed by atoms with Crippen LogP contribution >= 0.6 is 27.7 Å². The predicted octanol–water partition coefficient (Wildman–Crippen LogP) is 4.57. The Bertz CT molecular complexity index is 1000. The van der Waals surface area contributed by atoms with Crippen LogP contribution in [0.3, 0.4) is 0 Å². The highest BCUT2D eigenvalue weighted by Crippen LogP contribution is 2.33. The highest BCUT2D eigenvalue weighted by atomic mass is 79.9. The van der Waals surface area contributed by atoms with Crippen molar-refractivity contribution in [1.82, 2.24) is 5.32 Å². The topological polar surface area (TPSA) is 93.8 Å². The van der Waals surface area contributed by atoms with Gasteiger partial charge in [0, 0.05) is 22.2 Å². The Hall–Kier alpha value is -2.65. The lowest BCUT2D eigenvalue weighted by Gasteiger charge is -2.05. The summed E-state index contributed by atoms with van der Waals surface area (Å²) >= 11 is 4.60. The maximum Gasteiger partial charge on any atom is 0.269 e. The highest BCUT2D eigenvalue weighted by Gasteiger charge is 2.24. The van der Waals surface area contributed by atoms with E-state index in [1.165, 1.54) is 23.9 Å². The molecule has 1 fully saturated rings. The van der Waals surface area contributed by atoms with Crippen molar-refractivity contribution in [1.29, 1.82) is 0 Å². The molecule has 7 nitrogen and oxygen atoms in total. The fourth-order valence-electron chi connectivity index (χ4n) is 2.43. The molecule has 0 aliphatic carbocycles. The Labute approximate surface area is 167 Å². The summed E-state index contributed by atoms with van der Waals surface area (Å²) in [4.78, 5) is 27.5. The lowest BCUT2D eigenvalue weighted by molar-refractivity contribution is -0.384. The van der Waals surface area contributed by atoms with E-state index in [4.69, 9.17) is 4.74 Å². The molecule has 3 rings (SSSR count). The van der Waals surface area contributed by atoms with Crippen LogP contribution in [0, 0.1) is 17.0 Å². The van der Waals surface area contributed by atoms with Crippen LogP contribution in [-0.4, -0.2) is 23.1 Å². The second kappa shape index (κ2) is 7.93. The monoisotopic (exact) mass is 447 g/mol. The molecule has 0 bridgehead atoms. The first-order valence-corrected chi connectivity index (χ1v) is 9.36. The van der Waals surface area contributed by atoms with Crippen LogP contribution in [0.15, 0.2) is 50.8 Å². The number of nitrogens with one attached hydrogen (secondary N) is 1. The highest BCUT2D eigenvalue weighted by molar-refractivity contribution is 9.10. The maximum absolute atomic E-state index is 12.3. The molecule has 1 aliphatic heterocycles. The number of carbonyl (C=O) groups is 1. The molecular formula is C18H14BrN3O4S. The summed E-state index contributed by atoms with van der Waals surface area (Å²) in [5.41, 5.74) is 1.97. The second-order valence-electron chi connectivity index (χ2n) is 5.60. The minimum atomic E-state index is -0.456. The van der Waals surface area contributed by atoms with Crippen LogP contribution < -0.4 is 10.1 Å². The number of non-ortho nitro benzene ring substituents is 1. The van der Waals surface area contributed by atoms with Gasteiger partial charge in [-0.1, -0.05) is 15.9 Å². The van der Waals surface area contributed by atoms with Gasteiger partial charge in [-0.15, -0.1) is 0 Å². The number of hydrogen-bond donors (Lipinski definition) is 1. The summed E-state index contributed by atoms with van der Waals surface area (Å²) in [5.74, 6) is 0.385. The SMILES string of the molecule is COc1ccc(Br)cc1/C=C1/SC(=Nc2ccc([N+](=O)[O-])cc2C)NC1=O. The number of nitro benzene ring substituents is 1. The van der Waals surface area contributed by atoms with E-state index in [1.54, 1.807) is 26.2 Å². The van der Waals surface area contributed by atoms with Gasteiger partial charge in [0.05, 0.1) is 22.6 Å².